The summed E-state index contributed by atoms with van der Waals surface area (Å²) in [7, 11) is 1.76. The highest BCUT2D eigenvalue weighted by atomic mass is 19.1. The first-order valence-corrected chi connectivity index (χ1v) is 6.84. The highest BCUT2D eigenvalue weighted by Crippen LogP contribution is 2.31. The normalized spacial score (nSPS) is 13.5. The topological polar surface area (TPSA) is 20.3 Å². The van der Waals surface area contributed by atoms with Crippen molar-refractivity contribution >= 4 is 23.7 Å². The van der Waals surface area contributed by atoms with Gasteiger partial charge in [0, 0.05) is 18.2 Å². The van der Waals surface area contributed by atoms with E-state index in [1.54, 1.807) is 18.0 Å². The van der Waals surface area contributed by atoms with E-state index in [9.17, 15) is 9.18 Å². The lowest BCUT2D eigenvalue weighted by atomic mass is 9.97. The second-order valence-electron chi connectivity index (χ2n) is 5.44. The summed E-state index contributed by atoms with van der Waals surface area (Å²) >= 11 is 0. The van der Waals surface area contributed by atoms with Gasteiger partial charge < -0.3 is 4.90 Å². The van der Waals surface area contributed by atoms with Crippen molar-refractivity contribution in [1.29, 1.82) is 0 Å². The number of aryl methyl sites for hydroxylation is 2. The van der Waals surface area contributed by atoms with E-state index in [4.69, 9.17) is 0 Å². The molecule has 0 saturated carbocycles. The van der Waals surface area contributed by atoms with E-state index in [2.05, 4.69) is 6.07 Å². The van der Waals surface area contributed by atoms with Crippen LogP contribution < -0.4 is 4.90 Å². The summed E-state index contributed by atoms with van der Waals surface area (Å²) in [5, 5.41) is 0. The van der Waals surface area contributed by atoms with Gasteiger partial charge in [-0.2, -0.15) is 0 Å². The van der Waals surface area contributed by atoms with Crippen molar-refractivity contribution < 1.29 is 9.18 Å². The summed E-state index contributed by atoms with van der Waals surface area (Å²) in [6.07, 6.45) is 3.76. The fourth-order valence-corrected chi connectivity index (χ4v) is 2.78. The molecule has 0 atom stereocenters. The molecular weight excluding hydrogens is 265 g/mol. The van der Waals surface area contributed by atoms with Gasteiger partial charge in [0.05, 0.1) is 5.69 Å². The van der Waals surface area contributed by atoms with Crippen LogP contribution in [0.25, 0.3) is 12.2 Å². The molecule has 0 aliphatic carbocycles. The van der Waals surface area contributed by atoms with Gasteiger partial charge in [-0.15, -0.1) is 0 Å². The molecule has 106 valence electrons. The minimum atomic E-state index is -0.338. The number of fused-ring (bicyclic) bond motifs is 2. The molecule has 2 aromatic carbocycles. The largest absolute Gasteiger partial charge is 0.311 e. The molecule has 1 aliphatic rings. The molecule has 1 aliphatic heterocycles. The van der Waals surface area contributed by atoms with Crippen LogP contribution in [0.2, 0.25) is 0 Å². The van der Waals surface area contributed by atoms with Crippen LogP contribution in [0.15, 0.2) is 30.3 Å². The summed E-state index contributed by atoms with van der Waals surface area (Å²) in [6, 6.07) is 8.34. The number of benzene rings is 2. The summed E-state index contributed by atoms with van der Waals surface area (Å²) < 4.78 is 13.4. The lowest BCUT2D eigenvalue weighted by Crippen LogP contribution is -2.28. The zero-order chi connectivity index (χ0) is 15.1. The zero-order valence-corrected chi connectivity index (χ0v) is 12.3. The molecule has 3 rings (SSSR count). The summed E-state index contributed by atoms with van der Waals surface area (Å²) in [5.41, 5.74) is 5.20. The third kappa shape index (κ3) is 2.25. The molecule has 0 N–H and O–H groups in total. The predicted molar refractivity (Wildman–Crippen MR) is 84.0 cm³/mol. The van der Waals surface area contributed by atoms with Gasteiger partial charge in [-0.3, -0.25) is 4.79 Å². The van der Waals surface area contributed by atoms with Crippen molar-refractivity contribution in [2.45, 2.75) is 13.8 Å². The van der Waals surface area contributed by atoms with Gasteiger partial charge in [-0.1, -0.05) is 18.2 Å². The number of hydrogen-bond acceptors (Lipinski definition) is 1. The number of rotatable bonds is 0. The second-order valence-corrected chi connectivity index (χ2v) is 5.44. The molecule has 1 amide bonds. The van der Waals surface area contributed by atoms with Crippen LogP contribution in [0.3, 0.4) is 0 Å². The van der Waals surface area contributed by atoms with Crippen LogP contribution in [0.5, 0.6) is 0 Å². The van der Waals surface area contributed by atoms with Crippen LogP contribution in [-0.2, 0) is 0 Å². The van der Waals surface area contributed by atoms with E-state index in [0.29, 0.717) is 11.1 Å². The van der Waals surface area contributed by atoms with Crippen molar-refractivity contribution in [3.63, 3.8) is 0 Å². The molecule has 21 heavy (non-hydrogen) atoms. The Kier molecular flexibility index (Phi) is 3.13. The van der Waals surface area contributed by atoms with Crippen molar-refractivity contribution in [2.75, 3.05) is 11.9 Å². The molecule has 0 bridgehead atoms. The summed E-state index contributed by atoms with van der Waals surface area (Å²) in [4.78, 5) is 14.3. The second kappa shape index (κ2) is 4.85. The molecule has 1 heterocycles. The maximum Gasteiger partial charge on any atom is 0.258 e. The van der Waals surface area contributed by atoms with E-state index < -0.39 is 0 Å². The van der Waals surface area contributed by atoms with Crippen LogP contribution in [-0.4, -0.2) is 13.0 Å². The first-order valence-electron chi connectivity index (χ1n) is 6.84. The number of anilines is 1. The van der Waals surface area contributed by atoms with E-state index in [-0.39, 0.29) is 11.7 Å². The van der Waals surface area contributed by atoms with Crippen LogP contribution >= 0.6 is 0 Å². The van der Waals surface area contributed by atoms with Crippen molar-refractivity contribution in [2.24, 2.45) is 0 Å². The summed E-state index contributed by atoms with van der Waals surface area (Å²) in [6.45, 7) is 4.03. The molecule has 0 unspecified atom stereocenters. The number of carbonyl (C=O) groups is 1. The van der Waals surface area contributed by atoms with E-state index >= 15 is 0 Å². The molecule has 2 aromatic rings. The molecule has 0 saturated heterocycles. The average Bonchev–Trinajstić information content (AvgIpc) is 2.43. The average molecular weight is 281 g/mol. The van der Waals surface area contributed by atoms with Gasteiger partial charge in [0.25, 0.3) is 5.91 Å². The van der Waals surface area contributed by atoms with Crippen molar-refractivity contribution in [3.05, 3.63) is 64.0 Å². The first-order chi connectivity index (χ1) is 9.97. The molecular formula is C18H16FNO. The van der Waals surface area contributed by atoms with Crippen molar-refractivity contribution in [3.8, 4) is 0 Å². The van der Waals surface area contributed by atoms with Gasteiger partial charge in [0.15, 0.2) is 0 Å². The maximum absolute atomic E-state index is 13.4. The number of nitrogens with zero attached hydrogens (tertiary/aromatic N) is 1. The Bertz CT molecular complexity index is 777. The Morgan fingerprint density at radius 2 is 1.81 bits per heavy atom. The van der Waals surface area contributed by atoms with Gasteiger partial charge in [-0.05, 0) is 54.8 Å². The van der Waals surface area contributed by atoms with E-state index in [1.165, 1.54) is 12.1 Å². The first kappa shape index (κ1) is 13.6. The molecule has 0 spiro atoms. The van der Waals surface area contributed by atoms with Gasteiger partial charge in [0.2, 0.25) is 0 Å². The molecule has 0 aromatic heterocycles. The third-order valence-corrected chi connectivity index (χ3v) is 3.85. The smallest absolute Gasteiger partial charge is 0.258 e. The monoisotopic (exact) mass is 281 g/mol. The molecule has 2 nitrogen and oxygen atoms in total. The molecule has 0 radical (unpaired) electrons. The van der Waals surface area contributed by atoms with E-state index in [1.807, 2.05) is 32.1 Å². The lowest BCUT2D eigenvalue weighted by molar-refractivity contribution is 0.0992. The van der Waals surface area contributed by atoms with Gasteiger partial charge in [0.1, 0.15) is 5.82 Å². The van der Waals surface area contributed by atoms with Crippen molar-refractivity contribution in [1.82, 2.24) is 0 Å². The number of amides is 1. The highest BCUT2D eigenvalue weighted by Gasteiger charge is 2.21. The summed E-state index contributed by atoms with van der Waals surface area (Å²) in [5.74, 6) is -0.462. The maximum atomic E-state index is 13.4. The quantitative estimate of drug-likeness (QED) is 0.708. The Labute approximate surface area is 123 Å². The van der Waals surface area contributed by atoms with E-state index in [0.717, 1.165) is 22.4 Å². The highest BCUT2D eigenvalue weighted by molar-refractivity contribution is 6.10. The molecule has 0 fully saturated rings. The third-order valence-electron chi connectivity index (χ3n) is 3.85. The van der Waals surface area contributed by atoms with Gasteiger partial charge in [-0.25, -0.2) is 4.39 Å². The Morgan fingerprint density at radius 1 is 1.05 bits per heavy atom. The standard InChI is InChI=1S/C18H16FNO/c1-11-8-12(2)15-6-4-13-10-14(19)5-7-16(13)18(21)20(3)17(15)9-11/h4-10H,1-3H3. The lowest BCUT2D eigenvalue weighted by Gasteiger charge is -2.24. The van der Waals surface area contributed by atoms with Crippen LogP contribution in [0.4, 0.5) is 10.1 Å². The Balaban J connectivity index is 2.29. The number of hydrogen-bond donors (Lipinski definition) is 0. The number of carbonyl (C=O) groups excluding carboxylic acids is 1. The zero-order valence-electron chi connectivity index (χ0n) is 12.3. The Morgan fingerprint density at radius 3 is 2.57 bits per heavy atom. The van der Waals surface area contributed by atoms with Crippen LogP contribution in [0.1, 0.15) is 32.6 Å². The SMILES string of the molecule is Cc1cc(C)c2c(c1)N(C)C(=O)c1ccc(F)cc1C=C2. The Hall–Kier alpha value is -2.42. The predicted octanol–water partition coefficient (Wildman–Crippen LogP) is 4.20. The van der Waals surface area contributed by atoms with Crippen LogP contribution in [0, 0.1) is 19.7 Å². The van der Waals surface area contributed by atoms with Gasteiger partial charge >= 0.3 is 0 Å². The minimum absolute atomic E-state index is 0.124. The fraction of sp³-hybridized carbons (Fsp3) is 0.167. The molecule has 3 heteroatoms. The fourth-order valence-electron chi connectivity index (χ4n) is 2.78. The minimum Gasteiger partial charge on any atom is -0.311 e. The number of halogens is 1.